The Morgan fingerprint density at radius 2 is 1.95 bits per heavy atom. The van der Waals surface area contributed by atoms with Crippen molar-refractivity contribution in [1.29, 1.82) is 0 Å². The van der Waals surface area contributed by atoms with E-state index in [4.69, 9.17) is 4.42 Å². The first kappa shape index (κ1) is 14.6. The van der Waals surface area contributed by atoms with Crippen LogP contribution in [0.15, 0.2) is 10.5 Å². The number of aryl methyl sites for hydroxylation is 2. The number of furan rings is 1. The van der Waals surface area contributed by atoms with Gasteiger partial charge in [-0.3, -0.25) is 20.4 Å². The Labute approximate surface area is 119 Å². The second-order valence-electron chi connectivity index (χ2n) is 5.52. The summed E-state index contributed by atoms with van der Waals surface area (Å²) in [6.45, 7) is 3.51. The summed E-state index contributed by atoms with van der Waals surface area (Å²) in [6, 6.07) is 1.66. The van der Waals surface area contributed by atoms with E-state index in [9.17, 15) is 9.59 Å². The highest BCUT2D eigenvalue weighted by Crippen LogP contribution is 2.28. The molecule has 0 unspecified atom stereocenters. The molecule has 1 aliphatic carbocycles. The fourth-order valence-corrected chi connectivity index (χ4v) is 2.75. The zero-order valence-electron chi connectivity index (χ0n) is 12.1. The van der Waals surface area contributed by atoms with Gasteiger partial charge >= 0.3 is 0 Å². The maximum absolute atomic E-state index is 11.9. The van der Waals surface area contributed by atoms with Crippen molar-refractivity contribution in [3.8, 4) is 0 Å². The van der Waals surface area contributed by atoms with Crippen molar-refractivity contribution in [3.63, 3.8) is 0 Å². The lowest BCUT2D eigenvalue weighted by molar-refractivity contribution is -0.122. The number of hydrogen-bond acceptors (Lipinski definition) is 3. The molecule has 0 atom stereocenters. The zero-order chi connectivity index (χ0) is 14.5. The van der Waals surface area contributed by atoms with Gasteiger partial charge in [0.2, 0.25) is 5.91 Å². The molecule has 0 radical (unpaired) electrons. The Morgan fingerprint density at radius 3 is 2.55 bits per heavy atom. The molecular weight excluding hydrogens is 256 g/mol. The van der Waals surface area contributed by atoms with Gasteiger partial charge in [0.05, 0.1) is 5.56 Å². The normalized spacial score (nSPS) is 15.3. The van der Waals surface area contributed by atoms with Crippen molar-refractivity contribution >= 4 is 11.8 Å². The van der Waals surface area contributed by atoms with Gasteiger partial charge in [-0.05, 0) is 32.3 Å². The lowest BCUT2D eigenvalue weighted by atomic mass is 10.0. The maximum Gasteiger partial charge on any atom is 0.273 e. The first-order chi connectivity index (χ1) is 9.56. The minimum Gasteiger partial charge on any atom is -0.466 e. The molecule has 5 heteroatoms. The molecule has 1 saturated carbocycles. The van der Waals surface area contributed by atoms with Crippen LogP contribution < -0.4 is 10.9 Å². The van der Waals surface area contributed by atoms with Gasteiger partial charge in [-0.15, -0.1) is 0 Å². The van der Waals surface area contributed by atoms with Crippen molar-refractivity contribution < 1.29 is 14.0 Å². The summed E-state index contributed by atoms with van der Waals surface area (Å²) in [5.41, 5.74) is 5.35. The fraction of sp³-hybridized carbons (Fsp3) is 0.600. The Bertz CT molecular complexity index is 487. The quantitative estimate of drug-likeness (QED) is 0.832. The number of carbonyl (C=O) groups excluding carboxylic acids is 2. The molecule has 1 aromatic rings. The van der Waals surface area contributed by atoms with Gasteiger partial charge in [-0.25, -0.2) is 0 Å². The minimum absolute atomic E-state index is 0.136. The number of nitrogens with one attached hydrogen (secondary N) is 2. The van der Waals surface area contributed by atoms with Crippen molar-refractivity contribution in [1.82, 2.24) is 10.9 Å². The molecule has 20 heavy (non-hydrogen) atoms. The molecule has 0 saturated heterocycles. The SMILES string of the molecule is Cc1cc(C(=O)NNC(=O)CCC2CCCC2)c(C)o1. The number of carbonyl (C=O) groups is 2. The maximum atomic E-state index is 11.9. The third kappa shape index (κ3) is 3.85. The van der Waals surface area contributed by atoms with Crippen LogP contribution in [0.2, 0.25) is 0 Å². The van der Waals surface area contributed by atoms with Crippen LogP contribution in [-0.4, -0.2) is 11.8 Å². The molecular formula is C15H22N2O3. The Balaban J connectivity index is 1.72. The zero-order valence-corrected chi connectivity index (χ0v) is 12.1. The third-order valence-corrected chi connectivity index (χ3v) is 3.86. The standard InChI is InChI=1S/C15H22N2O3/c1-10-9-13(11(2)20-10)15(19)17-16-14(18)8-7-12-5-3-4-6-12/h9,12H,3-8H2,1-2H3,(H,16,18)(H,17,19). The van der Waals surface area contributed by atoms with Crippen LogP contribution >= 0.6 is 0 Å². The van der Waals surface area contributed by atoms with Crippen LogP contribution in [0.4, 0.5) is 0 Å². The fourth-order valence-electron chi connectivity index (χ4n) is 2.75. The van der Waals surface area contributed by atoms with E-state index in [-0.39, 0.29) is 11.8 Å². The van der Waals surface area contributed by atoms with Crippen LogP contribution in [0.3, 0.4) is 0 Å². The first-order valence-electron chi connectivity index (χ1n) is 7.22. The molecule has 0 spiro atoms. The summed E-state index contributed by atoms with van der Waals surface area (Å²) in [7, 11) is 0. The highest BCUT2D eigenvalue weighted by atomic mass is 16.3. The summed E-state index contributed by atoms with van der Waals surface area (Å²) in [5, 5.41) is 0. The second-order valence-corrected chi connectivity index (χ2v) is 5.52. The minimum atomic E-state index is -0.339. The van der Waals surface area contributed by atoms with Gasteiger partial charge in [-0.2, -0.15) is 0 Å². The lowest BCUT2D eigenvalue weighted by Crippen LogP contribution is -2.41. The molecule has 1 aliphatic rings. The molecule has 2 N–H and O–H groups in total. The van der Waals surface area contributed by atoms with Gasteiger partial charge in [-0.1, -0.05) is 25.7 Å². The lowest BCUT2D eigenvalue weighted by Gasteiger charge is -2.09. The summed E-state index contributed by atoms with van der Waals surface area (Å²) in [5.74, 6) is 1.44. The van der Waals surface area contributed by atoms with Gasteiger partial charge in [0.15, 0.2) is 0 Å². The Morgan fingerprint density at radius 1 is 1.25 bits per heavy atom. The average Bonchev–Trinajstić information content (AvgIpc) is 3.03. The molecule has 2 amide bonds. The first-order valence-corrected chi connectivity index (χ1v) is 7.22. The summed E-state index contributed by atoms with van der Waals surface area (Å²) in [6.07, 6.45) is 6.39. The number of hydrazine groups is 1. The Hall–Kier alpha value is -1.78. The van der Waals surface area contributed by atoms with E-state index in [1.165, 1.54) is 25.7 Å². The summed E-state index contributed by atoms with van der Waals surface area (Å²) in [4.78, 5) is 23.5. The molecule has 1 fully saturated rings. The van der Waals surface area contributed by atoms with Crippen molar-refractivity contribution in [2.75, 3.05) is 0 Å². The van der Waals surface area contributed by atoms with E-state index in [1.54, 1.807) is 19.9 Å². The molecule has 0 bridgehead atoms. The predicted octanol–water partition coefficient (Wildman–Crippen LogP) is 2.63. The monoisotopic (exact) mass is 278 g/mol. The van der Waals surface area contributed by atoms with Gasteiger partial charge in [0.25, 0.3) is 5.91 Å². The summed E-state index contributed by atoms with van der Waals surface area (Å²) < 4.78 is 5.28. The predicted molar refractivity (Wildman–Crippen MR) is 75.0 cm³/mol. The van der Waals surface area contributed by atoms with Crippen molar-refractivity contribution in [2.24, 2.45) is 5.92 Å². The number of rotatable bonds is 4. The molecule has 2 rings (SSSR count). The highest BCUT2D eigenvalue weighted by Gasteiger charge is 2.17. The molecule has 0 aromatic carbocycles. The Kier molecular flexibility index (Phi) is 4.82. The van der Waals surface area contributed by atoms with E-state index in [2.05, 4.69) is 10.9 Å². The van der Waals surface area contributed by atoms with Crippen molar-refractivity contribution in [2.45, 2.75) is 52.4 Å². The van der Waals surface area contributed by atoms with E-state index in [1.807, 2.05) is 0 Å². The van der Waals surface area contributed by atoms with Crippen LogP contribution in [0.25, 0.3) is 0 Å². The number of amides is 2. The molecule has 5 nitrogen and oxygen atoms in total. The van der Waals surface area contributed by atoms with Crippen LogP contribution in [-0.2, 0) is 4.79 Å². The van der Waals surface area contributed by atoms with Gasteiger partial charge in [0.1, 0.15) is 11.5 Å². The smallest absolute Gasteiger partial charge is 0.273 e. The van der Waals surface area contributed by atoms with Crippen LogP contribution in [0, 0.1) is 19.8 Å². The molecule has 0 aliphatic heterocycles. The largest absolute Gasteiger partial charge is 0.466 e. The van der Waals surface area contributed by atoms with Crippen LogP contribution in [0.5, 0.6) is 0 Å². The number of hydrogen-bond donors (Lipinski definition) is 2. The topological polar surface area (TPSA) is 71.3 Å². The van der Waals surface area contributed by atoms with E-state index < -0.39 is 0 Å². The third-order valence-electron chi connectivity index (χ3n) is 3.86. The van der Waals surface area contributed by atoms with Gasteiger partial charge in [0, 0.05) is 6.42 Å². The van der Waals surface area contributed by atoms with Crippen molar-refractivity contribution in [3.05, 3.63) is 23.2 Å². The van der Waals surface area contributed by atoms with E-state index in [0.717, 1.165) is 6.42 Å². The van der Waals surface area contributed by atoms with Crippen LogP contribution in [0.1, 0.15) is 60.4 Å². The summed E-state index contributed by atoms with van der Waals surface area (Å²) >= 11 is 0. The van der Waals surface area contributed by atoms with Gasteiger partial charge < -0.3 is 4.42 Å². The average molecular weight is 278 g/mol. The molecule has 110 valence electrons. The molecule has 1 aromatic heterocycles. The molecule has 1 heterocycles. The second kappa shape index (κ2) is 6.59. The highest BCUT2D eigenvalue weighted by molar-refractivity contribution is 5.96. The van der Waals surface area contributed by atoms with E-state index >= 15 is 0 Å². The van der Waals surface area contributed by atoms with E-state index in [0.29, 0.717) is 29.4 Å².